The Morgan fingerprint density at radius 2 is 1.05 bits per heavy atom. The average Bonchev–Trinajstić information content (AvgIpc) is 3.49. The molecule has 2 atom stereocenters. The lowest BCUT2D eigenvalue weighted by molar-refractivity contribution is 0.0564. The van der Waals surface area contributed by atoms with E-state index in [2.05, 4.69) is 150 Å². The molecular weight excluding hydrogens is 607 g/mol. The smallest absolute Gasteiger partial charge is 0.138 e. The highest BCUT2D eigenvalue weighted by atomic mass is 35.5. The van der Waals surface area contributed by atoms with Crippen LogP contribution >= 0.6 is 37.2 Å². The molecule has 1 aromatic heterocycles. The van der Waals surface area contributed by atoms with E-state index in [0.717, 1.165) is 49.7 Å². The first-order chi connectivity index (χ1) is 20.2. The van der Waals surface area contributed by atoms with Gasteiger partial charge in [0.05, 0.1) is 23.5 Å². The molecule has 6 rings (SSSR count). The second-order valence-electron chi connectivity index (χ2n) is 11.2. The number of nitrogens with one attached hydrogen (secondary N) is 1. The highest BCUT2D eigenvalue weighted by Crippen LogP contribution is 2.39. The van der Waals surface area contributed by atoms with E-state index in [1.165, 1.54) is 22.4 Å². The van der Waals surface area contributed by atoms with Gasteiger partial charge in [0.2, 0.25) is 0 Å². The summed E-state index contributed by atoms with van der Waals surface area (Å²) in [6.07, 6.45) is 1.11. The first-order valence-corrected chi connectivity index (χ1v) is 15.0. The van der Waals surface area contributed by atoms with Gasteiger partial charge in [-0.3, -0.25) is 9.80 Å². The number of aromatic amines is 1. The van der Waals surface area contributed by atoms with E-state index in [4.69, 9.17) is 4.98 Å². The summed E-state index contributed by atoms with van der Waals surface area (Å²) in [7, 11) is 0. The monoisotopic (exact) mass is 648 g/mol. The third-order valence-corrected chi connectivity index (χ3v) is 8.64. The van der Waals surface area contributed by atoms with Crippen molar-refractivity contribution in [3.8, 4) is 22.6 Å². The molecule has 1 N–H and O–H groups in total. The van der Waals surface area contributed by atoms with Crippen LogP contribution in [0.15, 0.2) is 121 Å². The van der Waals surface area contributed by atoms with Gasteiger partial charge in [-0.25, -0.2) is 4.98 Å². The van der Waals surface area contributed by atoms with Gasteiger partial charge in [-0.15, -0.1) is 37.2 Å². The summed E-state index contributed by atoms with van der Waals surface area (Å²) in [6, 6.07) is 43.7. The van der Waals surface area contributed by atoms with Crippen LogP contribution in [0.5, 0.6) is 0 Å². The number of benzene rings is 4. The molecule has 1 fully saturated rings. The molecule has 44 heavy (non-hydrogen) atoms. The molecular formula is C37H43Cl3N4. The first kappa shape index (κ1) is 35.4. The fourth-order valence-corrected chi connectivity index (χ4v) is 6.36. The van der Waals surface area contributed by atoms with Crippen LogP contribution in [-0.4, -0.2) is 45.9 Å². The van der Waals surface area contributed by atoms with Crippen molar-refractivity contribution in [2.75, 3.05) is 26.2 Å². The standard InChI is InChI=1S/C37H40N4.3ClH/c1-3-28(2)35(34-33(29-16-8-4-9-17-29)38-37(39-34)32-22-14-7-15-23-32)40-24-26-41(27-25-40)36(30-18-10-5-11-19-30)31-20-12-6-13-21-31;;;/h4-23,28,35-36H,3,24-27H2,1-2H3,(H,38,39);3*1H. The average molecular weight is 650 g/mol. The van der Waals surface area contributed by atoms with Crippen molar-refractivity contribution in [1.82, 2.24) is 19.8 Å². The van der Waals surface area contributed by atoms with E-state index in [1.807, 2.05) is 0 Å². The van der Waals surface area contributed by atoms with E-state index >= 15 is 0 Å². The molecule has 5 aromatic rings. The van der Waals surface area contributed by atoms with Crippen molar-refractivity contribution in [2.45, 2.75) is 32.4 Å². The van der Waals surface area contributed by atoms with Gasteiger partial charge in [0, 0.05) is 37.3 Å². The summed E-state index contributed by atoms with van der Waals surface area (Å²) in [5, 5.41) is 0. The largest absolute Gasteiger partial charge is 0.340 e. The fourth-order valence-electron chi connectivity index (χ4n) is 6.36. The second kappa shape index (κ2) is 16.8. The van der Waals surface area contributed by atoms with Crippen LogP contribution in [0, 0.1) is 5.92 Å². The van der Waals surface area contributed by atoms with Crippen LogP contribution in [-0.2, 0) is 0 Å². The van der Waals surface area contributed by atoms with Crippen molar-refractivity contribution in [3.63, 3.8) is 0 Å². The molecule has 232 valence electrons. The zero-order valence-electron chi connectivity index (χ0n) is 25.4. The number of nitrogens with zero attached hydrogens (tertiary/aromatic N) is 3. The highest BCUT2D eigenvalue weighted by molar-refractivity contribution is 5.86. The van der Waals surface area contributed by atoms with Crippen molar-refractivity contribution >= 4 is 37.2 Å². The number of aromatic nitrogens is 2. The minimum atomic E-state index is 0. The molecule has 0 aliphatic carbocycles. The second-order valence-corrected chi connectivity index (χ2v) is 11.2. The molecule has 2 unspecified atom stereocenters. The predicted octanol–water partition coefficient (Wildman–Crippen LogP) is 9.50. The molecule has 1 saturated heterocycles. The van der Waals surface area contributed by atoms with Crippen LogP contribution in [0.1, 0.15) is 49.2 Å². The summed E-state index contributed by atoms with van der Waals surface area (Å²) >= 11 is 0. The zero-order valence-corrected chi connectivity index (χ0v) is 27.8. The predicted molar refractivity (Wildman–Crippen MR) is 191 cm³/mol. The molecule has 0 amide bonds. The van der Waals surface area contributed by atoms with Crippen LogP contribution in [0.3, 0.4) is 0 Å². The van der Waals surface area contributed by atoms with Crippen molar-refractivity contribution in [3.05, 3.63) is 138 Å². The lowest BCUT2D eigenvalue weighted by Gasteiger charge is -2.44. The topological polar surface area (TPSA) is 35.2 Å². The Balaban J connectivity index is 0.00000176. The Hall–Kier alpha value is -3.12. The van der Waals surface area contributed by atoms with Gasteiger partial charge >= 0.3 is 0 Å². The Morgan fingerprint density at radius 1 is 0.614 bits per heavy atom. The van der Waals surface area contributed by atoms with Crippen LogP contribution in [0.4, 0.5) is 0 Å². The molecule has 2 heterocycles. The van der Waals surface area contributed by atoms with Gasteiger partial charge in [-0.05, 0) is 17.0 Å². The summed E-state index contributed by atoms with van der Waals surface area (Å²) < 4.78 is 0. The normalized spacial score (nSPS) is 15.0. The number of rotatable bonds is 9. The Labute approximate surface area is 281 Å². The molecule has 4 nitrogen and oxygen atoms in total. The molecule has 0 saturated carbocycles. The molecule has 7 heteroatoms. The molecule has 0 radical (unpaired) electrons. The molecule has 1 aliphatic rings. The number of H-pyrrole nitrogens is 1. The van der Waals surface area contributed by atoms with E-state index < -0.39 is 0 Å². The summed E-state index contributed by atoms with van der Waals surface area (Å²) in [5.41, 5.74) is 7.32. The molecule has 4 aromatic carbocycles. The lowest BCUT2D eigenvalue weighted by Crippen LogP contribution is -2.50. The minimum absolute atomic E-state index is 0. The van der Waals surface area contributed by atoms with Gasteiger partial charge in [0.15, 0.2) is 0 Å². The Morgan fingerprint density at radius 3 is 1.52 bits per heavy atom. The number of imidazole rings is 1. The number of piperazine rings is 1. The van der Waals surface area contributed by atoms with E-state index in [1.54, 1.807) is 0 Å². The Kier molecular flexibility index (Phi) is 13.5. The SMILES string of the molecule is CCC(C)C(c1[nH]c(-c2ccccc2)nc1-c1ccccc1)N1CCN(C(c2ccccc2)c2ccccc2)CC1.Cl.Cl.Cl. The number of hydrogen-bond donors (Lipinski definition) is 1. The summed E-state index contributed by atoms with van der Waals surface area (Å²) in [6.45, 7) is 8.76. The quantitative estimate of drug-likeness (QED) is 0.173. The maximum Gasteiger partial charge on any atom is 0.138 e. The van der Waals surface area contributed by atoms with Gasteiger partial charge in [-0.2, -0.15) is 0 Å². The van der Waals surface area contributed by atoms with Crippen LogP contribution < -0.4 is 0 Å². The molecule has 0 spiro atoms. The van der Waals surface area contributed by atoms with E-state index in [9.17, 15) is 0 Å². The van der Waals surface area contributed by atoms with Gasteiger partial charge in [0.1, 0.15) is 5.82 Å². The lowest BCUT2D eigenvalue weighted by atomic mass is 9.91. The third kappa shape index (κ3) is 7.74. The Bertz CT molecular complexity index is 1470. The highest BCUT2D eigenvalue weighted by Gasteiger charge is 2.34. The van der Waals surface area contributed by atoms with E-state index in [-0.39, 0.29) is 49.3 Å². The van der Waals surface area contributed by atoms with Gasteiger partial charge in [-0.1, -0.05) is 142 Å². The van der Waals surface area contributed by atoms with Crippen LogP contribution in [0.25, 0.3) is 22.6 Å². The van der Waals surface area contributed by atoms with Gasteiger partial charge in [0.25, 0.3) is 0 Å². The summed E-state index contributed by atoms with van der Waals surface area (Å²) in [5.74, 6) is 1.42. The fraction of sp³-hybridized carbons (Fsp3) is 0.270. The zero-order chi connectivity index (χ0) is 28.0. The number of hydrogen-bond acceptors (Lipinski definition) is 3. The van der Waals surface area contributed by atoms with E-state index in [0.29, 0.717) is 5.92 Å². The third-order valence-electron chi connectivity index (χ3n) is 8.64. The van der Waals surface area contributed by atoms with Gasteiger partial charge < -0.3 is 4.98 Å². The number of halogens is 3. The first-order valence-electron chi connectivity index (χ1n) is 15.0. The summed E-state index contributed by atoms with van der Waals surface area (Å²) in [4.78, 5) is 14.4. The molecule has 0 bridgehead atoms. The molecule has 1 aliphatic heterocycles. The van der Waals surface area contributed by atoms with Crippen molar-refractivity contribution in [1.29, 1.82) is 0 Å². The van der Waals surface area contributed by atoms with Crippen molar-refractivity contribution in [2.24, 2.45) is 5.92 Å². The maximum atomic E-state index is 5.21. The van der Waals surface area contributed by atoms with Crippen LogP contribution in [0.2, 0.25) is 0 Å². The van der Waals surface area contributed by atoms with Crippen molar-refractivity contribution < 1.29 is 0 Å². The minimum Gasteiger partial charge on any atom is -0.340 e. The maximum absolute atomic E-state index is 5.21.